The standard InChI is InChI=1S/C22H28N4O2/c27-21(20-11-6-12-23-20)25-13-15-26(16-14-25)22(28)24-19-10-5-4-9-18(19)17-7-2-1-3-8-17/h1-3,6-8,11-12,18-19,23H,4-5,9-10,13-16H2,(H,24,28)/t18-,19+/m0/s1. The van der Waals surface area contributed by atoms with Crippen LogP contribution in [0.25, 0.3) is 0 Å². The van der Waals surface area contributed by atoms with Gasteiger partial charge in [0, 0.05) is 44.3 Å². The van der Waals surface area contributed by atoms with Gasteiger partial charge in [0.1, 0.15) is 5.69 Å². The summed E-state index contributed by atoms with van der Waals surface area (Å²) in [5, 5.41) is 3.29. The van der Waals surface area contributed by atoms with Crippen molar-refractivity contribution in [1.82, 2.24) is 20.1 Å². The molecule has 0 unspecified atom stereocenters. The molecule has 0 radical (unpaired) electrons. The van der Waals surface area contributed by atoms with Crippen LogP contribution < -0.4 is 5.32 Å². The zero-order valence-electron chi connectivity index (χ0n) is 16.1. The van der Waals surface area contributed by atoms with Crippen LogP contribution in [0, 0.1) is 0 Å². The third-order valence-electron chi connectivity index (χ3n) is 5.99. The maximum absolute atomic E-state index is 12.9. The van der Waals surface area contributed by atoms with Crippen molar-refractivity contribution in [2.75, 3.05) is 26.2 Å². The molecule has 6 heteroatoms. The molecule has 2 aromatic rings. The van der Waals surface area contributed by atoms with Crippen molar-refractivity contribution in [3.05, 3.63) is 59.9 Å². The Bertz CT molecular complexity index is 782. The minimum atomic E-state index is -0.000182. The van der Waals surface area contributed by atoms with Gasteiger partial charge < -0.3 is 20.1 Å². The molecule has 2 atom stereocenters. The number of rotatable bonds is 3. The summed E-state index contributed by atoms with van der Waals surface area (Å²) >= 11 is 0. The Morgan fingerprint density at radius 1 is 0.893 bits per heavy atom. The van der Waals surface area contributed by atoms with Crippen molar-refractivity contribution in [1.29, 1.82) is 0 Å². The van der Waals surface area contributed by atoms with Crippen molar-refractivity contribution in [3.63, 3.8) is 0 Å². The van der Waals surface area contributed by atoms with Gasteiger partial charge in [-0.2, -0.15) is 0 Å². The van der Waals surface area contributed by atoms with Gasteiger partial charge in [0.25, 0.3) is 5.91 Å². The molecule has 2 heterocycles. The lowest BCUT2D eigenvalue weighted by Gasteiger charge is -2.38. The third-order valence-corrected chi connectivity index (χ3v) is 5.99. The van der Waals surface area contributed by atoms with Crippen LogP contribution in [-0.2, 0) is 0 Å². The lowest BCUT2D eigenvalue weighted by Crippen LogP contribution is -2.55. The first-order valence-corrected chi connectivity index (χ1v) is 10.3. The maximum atomic E-state index is 12.9. The van der Waals surface area contributed by atoms with Crippen LogP contribution in [0.5, 0.6) is 0 Å². The first kappa shape index (κ1) is 18.6. The summed E-state index contributed by atoms with van der Waals surface area (Å²) in [4.78, 5) is 31.9. The highest BCUT2D eigenvalue weighted by Crippen LogP contribution is 2.33. The number of nitrogens with zero attached hydrogens (tertiary/aromatic N) is 2. The van der Waals surface area contributed by atoms with E-state index in [1.165, 1.54) is 12.0 Å². The molecule has 0 spiro atoms. The Labute approximate surface area is 165 Å². The van der Waals surface area contributed by atoms with Crippen molar-refractivity contribution < 1.29 is 9.59 Å². The van der Waals surface area contributed by atoms with Crippen LogP contribution in [0.1, 0.15) is 47.7 Å². The molecular weight excluding hydrogens is 352 g/mol. The summed E-state index contributed by atoms with van der Waals surface area (Å²) in [7, 11) is 0. The van der Waals surface area contributed by atoms with E-state index in [-0.39, 0.29) is 18.0 Å². The summed E-state index contributed by atoms with van der Waals surface area (Å²) in [6.07, 6.45) is 6.27. The Hall–Kier alpha value is -2.76. The summed E-state index contributed by atoms with van der Waals surface area (Å²) in [6.45, 7) is 2.28. The second kappa shape index (κ2) is 8.50. The fourth-order valence-electron chi connectivity index (χ4n) is 4.40. The smallest absolute Gasteiger partial charge is 0.317 e. The Morgan fingerprint density at radius 3 is 2.32 bits per heavy atom. The van der Waals surface area contributed by atoms with Gasteiger partial charge in [0.15, 0.2) is 0 Å². The topological polar surface area (TPSA) is 68.4 Å². The zero-order valence-corrected chi connectivity index (χ0v) is 16.1. The number of carbonyl (C=O) groups excluding carboxylic acids is 2. The largest absolute Gasteiger partial charge is 0.357 e. The minimum Gasteiger partial charge on any atom is -0.357 e. The number of aromatic nitrogens is 1. The van der Waals surface area contributed by atoms with E-state index in [0.717, 1.165) is 19.3 Å². The van der Waals surface area contributed by atoms with Crippen molar-refractivity contribution >= 4 is 11.9 Å². The number of H-pyrrole nitrogens is 1. The first-order valence-electron chi connectivity index (χ1n) is 10.3. The lowest BCUT2D eigenvalue weighted by molar-refractivity contribution is 0.0657. The third kappa shape index (κ3) is 4.06. The van der Waals surface area contributed by atoms with Gasteiger partial charge in [-0.3, -0.25) is 4.79 Å². The summed E-state index contributed by atoms with van der Waals surface area (Å²) in [6, 6.07) is 14.3. The van der Waals surface area contributed by atoms with Crippen LogP contribution in [0.2, 0.25) is 0 Å². The number of urea groups is 1. The van der Waals surface area contributed by atoms with Crippen LogP contribution in [0.3, 0.4) is 0 Å². The zero-order chi connectivity index (χ0) is 19.3. The fourth-order valence-corrected chi connectivity index (χ4v) is 4.40. The number of aromatic amines is 1. The predicted molar refractivity (Wildman–Crippen MR) is 108 cm³/mol. The normalized spacial score (nSPS) is 22.7. The maximum Gasteiger partial charge on any atom is 0.317 e. The van der Waals surface area contributed by atoms with Crippen molar-refractivity contribution in [2.45, 2.75) is 37.6 Å². The average molecular weight is 380 g/mol. The molecule has 28 heavy (non-hydrogen) atoms. The van der Waals surface area contributed by atoms with Crippen LogP contribution in [-0.4, -0.2) is 58.9 Å². The molecule has 1 saturated carbocycles. The summed E-state index contributed by atoms with van der Waals surface area (Å²) in [5.74, 6) is 0.385. The fraction of sp³-hybridized carbons (Fsp3) is 0.455. The molecule has 2 N–H and O–H groups in total. The highest BCUT2D eigenvalue weighted by atomic mass is 16.2. The van der Waals surface area contributed by atoms with Gasteiger partial charge in [-0.15, -0.1) is 0 Å². The molecule has 148 valence electrons. The average Bonchev–Trinajstić information content (AvgIpc) is 3.29. The van der Waals surface area contributed by atoms with E-state index in [0.29, 0.717) is 37.8 Å². The molecule has 1 saturated heterocycles. The molecule has 1 aromatic heterocycles. The molecule has 2 aliphatic rings. The second-order valence-corrected chi connectivity index (χ2v) is 7.72. The summed E-state index contributed by atoms with van der Waals surface area (Å²) in [5.41, 5.74) is 1.92. The second-order valence-electron chi connectivity index (χ2n) is 7.72. The van der Waals surface area contributed by atoms with E-state index in [1.807, 2.05) is 21.9 Å². The van der Waals surface area contributed by atoms with Crippen molar-refractivity contribution in [3.8, 4) is 0 Å². The van der Waals surface area contributed by atoms with Crippen LogP contribution in [0.4, 0.5) is 4.79 Å². The number of hydrogen-bond donors (Lipinski definition) is 2. The minimum absolute atomic E-state index is 0.000182. The Balaban J connectivity index is 1.33. The predicted octanol–water partition coefficient (Wildman–Crippen LogP) is 3.21. The quantitative estimate of drug-likeness (QED) is 0.859. The molecule has 1 aliphatic heterocycles. The van der Waals surface area contributed by atoms with Gasteiger partial charge in [-0.1, -0.05) is 43.2 Å². The lowest BCUT2D eigenvalue weighted by atomic mass is 9.80. The molecule has 0 bridgehead atoms. The van der Waals surface area contributed by atoms with Gasteiger partial charge >= 0.3 is 6.03 Å². The van der Waals surface area contributed by atoms with E-state index in [4.69, 9.17) is 0 Å². The van der Waals surface area contributed by atoms with Gasteiger partial charge in [0.2, 0.25) is 0 Å². The first-order chi connectivity index (χ1) is 13.7. The number of nitrogens with one attached hydrogen (secondary N) is 2. The van der Waals surface area contributed by atoms with E-state index < -0.39 is 0 Å². The Morgan fingerprint density at radius 2 is 1.61 bits per heavy atom. The highest BCUT2D eigenvalue weighted by molar-refractivity contribution is 5.92. The molecule has 1 aliphatic carbocycles. The molecule has 6 nitrogen and oxygen atoms in total. The van der Waals surface area contributed by atoms with Crippen LogP contribution >= 0.6 is 0 Å². The van der Waals surface area contributed by atoms with E-state index in [2.05, 4.69) is 34.6 Å². The number of piperazine rings is 1. The number of amides is 3. The molecule has 4 rings (SSSR count). The van der Waals surface area contributed by atoms with E-state index in [9.17, 15) is 9.59 Å². The number of benzene rings is 1. The Kier molecular flexibility index (Phi) is 5.65. The molecule has 2 fully saturated rings. The van der Waals surface area contributed by atoms with Gasteiger partial charge in [-0.25, -0.2) is 4.79 Å². The SMILES string of the molecule is O=C(N[C@@H]1CCCC[C@H]1c1ccccc1)N1CCN(C(=O)c2ccc[nH]2)CC1. The number of carbonyl (C=O) groups is 2. The monoisotopic (exact) mass is 380 g/mol. The van der Waals surface area contributed by atoms with Crippen LogP contribution in [0.15, 0.2) is 48.7 Å². The van der Waals surface area contributed by atoms with Crippen molar-refractivity contribution in [2.24, 2.45) is 0 Å². The van der Waals surface area contributed by atoms with E-state index in [1.54, 1.807) is 12.3 Å². The molecule has 3 amide bonds. The molecule has 1 aromatic carbocycles. The van der Waals surface area contributed by atoms with E-state index >= 15 is 0 Å². The van der Waals surface area contributed by atoms with Gasteiger partial charge in [-0.05, 0) is 30.5 Å². The number of hydrogen-bond acceptors (Lipinski definition) is 2. The van der Waals surface area contributed by atoms with Gasteiger partial charge in [0.05, 0.1) is 0 Å². The summed E-state index contributed by atoms with van der Waals surface area (Å²) < 4.78 is 0. The highest BCUT2D eigenvalue weighted by Gasteiger charge is 2.31. The molecular formula is C22H28N4O2.